The van der Waals surface area contributed by atoms with Crippen molar-refractivity contribution in [3.63, 3.8) is 0 Å². The number of esters is 1. The second kappa shape index (κ2) is 7.81. The first-order valence-corrected chi connectivity index (χ1v) is 7.80. The first-order chi connectivity index (χ1) is 11.4. The van der Waals surface area contributed by atoms with E-state index in [1.165, 1.54) is 12.0 Å². The first-order valence-electron chi connectivity index (χ1n) is 7.80. The number of methoxy groups -OCH3 is 1. The maximum atomic E-state index is 12.7. The highest BCUT2D eigenvalue weighted by Gasteiger charge is 2.37. The molecule has 130 valence electrons. The summed E-state index contributed by atoms with van der Waals surface area (Å²) in [6, 6.07) is 6.48. The molecular formula is C17H22N2O5. The molecule has 0 aliphatic carbocycles. The zero-order valence-corrected chi connectivity index (χ0v) is 14.1. The molecule has 1 aliphatic heterocycles. The molecule has 1 aromatic rings. The Kier molecular flexibility index (Phi) is 5.78. The molecule has 24 heavy (non-hydrogen) atoms. The number of ether oxygens (including phenoxy) is 2. The van der Waals surface area contributed by atoms with Crippen LogP contribution in [0.15, 0.2) is 24.3 Å². The molecule has 0 bridgehead atoms. The topological polar surface area (TPSA) is 84.9 Å². The van der Waals surface area contributed by atoms with Crippen LogP contribution in [0.2, 0.25) is 0 Å². The fourth-order valence-corrected chi connectivity index (χ4v) is 2.53. The van der Waals surface area contributed by atoms with Crippen LogP contribution in [-0.4, -0.2) is 55.0 Å². The van der Waals surface area contributed by atoms with Gasteiger partial charge in [-0.3, -0.25) is 14.4 Å². The van der Waals surface area contributed by atoms with Crippen molar-refractivity contribution in [2.75, 3.05) is 20.2 Å². The molecule has 0 spiro atoms. The van der Waals surface area contributed by atoms with Crippen molar-refractivity contribution in [1.29, 1.82) is 0 Å². The van der Waals surface area contributed by atoms with E-state index >= 15 is 0 Å². The van der Waals surface area contributed by atoms with Crippen LogP contribution in [0.25, 0.3) is 0 Å². The van der Waals surface area contributed by atoms with Crippen molar-refractivity contribution in [3.05, 3.63) is 29.8 Å². The molecule has 0 radical (unpaired) electrons. The molecule has 0 saturated carbocycles. The van der Waals surface area contributed by atoms with E-state index in [1.807, 2.05) is 19.1 Å². The van der Waals surface area contributed by atoms with Gasteiger partial charge in [-0.05, 0) is 26.0 Å². The summed E-state index contributed by atoms with van der Waals surface area (Å²) in [4.78, 5) is 37.6. The number of carbonyl (C=O) groups is 3. The average Bonchev–Trinajstić information content (AvgIpc) is 2.57. The van der Waals surface area contributed by atoms with Crippen molar-refractivity contribution in [2.45, 2.75) is 32.4 Å². The second-order valence-corrected chi connectivity index (χ2v) is 5.69. The summed E-state index contributed by atoms with van der Waals surface area (Å²) < 4.78 is 10.3. The van der Waals surface area contributed by atoms with Crippen LogP contribution in [0.3, 0.4) is 0 Å². The van der Waals surface area contributed by atoms with Gasteiger partial charge in [0.05, 0.1) is 13.5 Å². The Hall–Kier alpha value is -2.57. The second-order valence-electron chi connectivity index (χ2n) is 5.69. The highest BCUT2D eigenvalue weighted by atomic mass is 16.5. The standard InChI is InChI=1S/C17H22N2O5/c1-11-4-6-13(7-5-11)24-12(2)17(22)19-9-8-18-16(21)14(19)10-15(20)23-3/h4-7,12,14H,8-10H2,1-3H3,(H,18,21). The number of carbonyl (C=O) groups excluding carboxylic acids is 3. The molecule has 7 heteroatoms. The molecule has 1 fully saturated rings. The molecule has 2 atom stereocenters. The lowest BCUT2D eigenvalue weighted by molar-refractivity contribution is -0.153. The van der Waals surface area contributed by atoms with Gasteiger partial charge in [-0.15, -0.1) is 0 Å². The first kappa shape index (κ1) is 17.8. The number of benzene rings is 1. The molecule has 2 rings (SSSR count). The lowest BCUT2D eigenvalue weighted by Crippen LogP contribution is -2.60. The number of rotatable bonds is 5. The van der Waals surface area contributed by atoms with Crippen LogP contribution in [0.4, 0.5) is 0 Å². The van der Waals surface area contributed by atoms with Crippen LogP contribution in [-0.2, 0) is 19.1 Å². The summed E-state index contributed by atoms with van der Waals surface area (Å²) in [7, 11) is 1.25. The van der Waals surface area contributed by atoms with Gasteiger partial charge in [0.1, 0.15) is 11.8 Å². The third-order valence-electron chi connectivity index (χ3n) is 3.88. The molecule has 0 aromatic heterocycles. The lowest BCUT2D eigenvalue weighted by Gasteiger charge is -2.35. The molecule has 2 unspecified atom stereocenters. The van der Waals surface area contributed by atoms with Crippen LogP contribution in [0.1, 0.15) is 18.9 Å². The summed E-state index contributed by atoms with van der Waals surface area (Å²) in [5.74, 6) is -0.656. The van der Waals surface area contributed by atoms with Crippen LogP contribution < -0.4 is 10.1 Å². The Labute approximate surface area is 140 Å². The minimum atomic E-state index is -0.872. The quantitative estimate of drug-likeness (QED) is 0.799. The van der Waals surface area contributed by atoms with Gasteiger partial charge < -0.3 is 19.7 Å². The predicted molar refractivity (Wildman–Crippen MR) is 86.4 cm³/mol. The SMILES string of the molecule is COC(=O)CC1C(=O)NCCN1C(=O)C(C)Oc1ccc(C)cc1. The third kappa shape index (κ3) is 4.24. The number of nitrogens with zero attached hydrogens (tertiary/aromatic N) is 1. The van der Waals surface area contributed by atoms with Crippen molar-refractivity contribution >= 4 is 17.8 Å². The van der Waals surface area contributed by atoms with E-state index in [2.05, 4.69) is 10.1 Å². The fraction of sp³-hybridized carbons (Fsp3) is 0.471. The van der Waals surface area contributed by atoms with E-state index in [9.17, 15) is 14.4 Å². The minimum absolute atomic E-state index is 0.175. The number of amides is 2. The summed E-state index contributed by atoms with van der Waals surface area (Å²) >= 11 is 0. The van der Waals surface area contributed by atoms with Crippen molar-refractivity contribution in [2.24, 2.45) is 0 Å². The number of hydrogen-bond acceptors (Lipinski definition) is 5. The number of hydrogen-bond donors (Lipinski definition) is 1. The number of piperazine rings is 1. The molecule has 1 aromatic carbocycles. The molecule has 1 heterocycles. The Bertz CT molecular complexity index is 614. The lowest BCUT2D eigenvalue weighted by atomic mass is 10.1. The Morgan fingerprint density at radius 3 is 2.62 bits per heavy atom. The summed E-state index contributed by atoms with van der Waals surface area (Å²) in [6.07, 6.45) is -0.940. The van der Waals surface area contributed by atoms with Crippen LogP contribution in [0.5, 0.6) is 5.75 Å². The Morgan fingerprint density at radius 2 is 2.00 bits per heavy atom. The maximum Gasteiger partial charge on any atom is 0.308 e. The van der Waals surface area contributed by atoms with Crippen molar-refractivity contribution < 1.29 is 23.9 Å². The predicted octanol–water partition coefficient (Wildman–Crippen LogP) is 0.652. The molecule has 1 aliphatic rings. The largest absolute Gasteiger partial charge is 0.481 e. The van der Waals surface area contributed by atoms with Gasteiger partial charge >= 0.3 is 5.97 Å². The van der Waals surface area contributed by atoms with Gasteiger partial charge in [0.15, 0.2) is 6.10 Å². The molecule has 1 N–H and O–H groups in total. The van der Waals surface area contributed by atoms with Gasteiger partial charge in [0, 0.05) is 13.1 Å². The van der Waals surface area contributed by atoms with Gasteiger partial charge in [-0.1, -0.05) is 17.7 Å². The zero-order chi connectivity index (χ0) is 17.7. The zero-order valence-electron chi connectivity index (χ0n) is 14.1. The molecule has 2 amide bonds. The summed E-state index contributed by atoms with van der Waals surface area (Å²) in [5, 5.41) is 2.66. The van der Waals surface area contributed by atoms with E-state index in [0.29, 0.717) is 18.8 Å². The van der Waals surface area contributed by atoms with Crippen molar-refractivity contribution in [1.82, 2.24) is 10.2 Å². The Morgan fingerprint density at radius 1 is 1.33 bits per heavy atom. The average molecular weight is 334 g/mol. The maximum absolute atomic E-state index is 12.7. The normalized spacial score (nSPS) is 18.5. The third-order valence-corrected chi connectivity index (χ3v) is 3.88. The summed E-state index contributed by atoms with van der Waals surface area (Å²) in [6.45, 7) is 4.26. The highest BCUT2D eigenvalue weighted by Crippen LogP contribution is 2.17. The van der Waals surface area contributed by atoms with E-state index in [4.69, 9.17) is 4.74 Å². The number of aryl methyl sites for hydroxylation is 1. The van der Waals surface area contributed by atoms with Crippen LogP contribution >= 0.6 is 0 Å². The van der Waals surface area contributed by atoms with E-state index < -0.39 is 18.1 Å². The molecule has 1 saturated heterocycles. The highest BCUT2D eigenvalue weighted by molar-refractivity contribution is 5.93. The number of nitrogens with one attached hydrogen (secondary N) is 1. The monoisotopic (exact) mass is 334 g/mol. The van der Waals surface area contributed by atoms with E-state index in [-0.39, 0.29) is 18.2 Å². The van der Waals surface area contributed by atoms with E-state index in [0.717, 1.165) is 5.56 Å². The van der Waals surface area contributed by atoms with Gasteiger partial charge in [0.25, 0.3) is 5.91 Å². The Balaban J connectivity index is 2.07. The van der Waals surface area contributed by atoms with Gasteiger partial charge in [-0.25, -0.2) is 0 Å². The van der Waals surface area contributed by atoms with Crippen LogP contribution in [0, 0.1) is 6.92 Å². The van der Waals surface area contributed by atoms with E-state index in [1.54, 1.807) is 19.1 Å². The smallest absolute Gasteiger partial charge is 0.308 e. The fourth-order valence-electron chi connectivity index (χ4n) is 2.53. The van der Waals surface area contributed by atoms with Gasteiger partial charge in [0.2, 0.25) is 5.91 Å². The van der Waals surface area contributed by atoms with Gasteiger partial charge in [-0.2, -0.15) is 0 Å². The summed E-state index contributed by atoms with van der Waals surface area (Å²) in [5.41, 5.74) is 1.09. The molecule has 7 nitrogen and oxygen atoms in total. The molecular weight excluding hydrogens is 312 g/mol. The minimum Gasteiger partial charge on any atom is -0.481 e. The van der Waals surface area contributed by atoms with Crippen molar-refractivity contribution in [3.8, 4) is 5.75 Å².